The fourth-order valence-corrected chi connectivity index (χ4v) is 1.18. The maximum absolute atomic E-state index is 5.15. The Morgan fingerprint density at radius 3 is 3.00 bits per heavy atom. The van der Waals surface area contributed by atoms with E-state index in [1.165, 1.54) is 0 Å². The van der Waals surface area contributed by atoms with Crippen molar-refractivity contribution < 1.29 is 4.74 Å². The van der Waals surface area contributed by atoms with Crippen LogP contribution in [-0.4, -0.2) is 16.9 Å². The third-order valence-electron chi connectivity index (χ3n) is 1.77. The second-order valence-electron chi connectivity index (χ2n) is 2.47. The van der Waals surface area contributed by atoms with Crippen LogP contribution in [0.25, 0.3) is 0 Å². The smallest absolute Gasteiger partial charge is 0.160 e. The molecular weight excluding hydrogens is 152 g/mol. The zero-order chi connectivity index (χ0) is 8.97. The van der Waals surface area contributed by atoms with Crippen LogP contribution in [0.3, 0.4) is 0 Å². The fraction of sp³-hybridized carbons (Fsp3) is 0.444. The van der Waals surface area contributed by atoms with Crippen LogP contribution >= 0.6 is 0 Å². The Kier molecular flexibility index (Phi) is 2.91. The van der Waals surface area contributed by atoms with E-state index in [1.54, 1.807) is 13.3 Å². The van der Waals surface area contributed by atoms with Gasteiger partial charge in [-0.05, 0) is 6.92 Å². The molecule has 12 heavy (non-hydrogen) atoms. The first-order valence-corrected chi connectivity index (χ1v) is 4.03. The molecule has 1 aromatic heterocycles. The molecule has 0 bridgehead atoms. The first kappa shape index (κ1) is 8.84. The normalized spacial score (nSPS) is 9.83. The summed E-state index contributed by atoms with van der Waals surface area (Å²) in [7, 11) is 1.66. The van der Waals surface area contributed by atoms with Crippen molar-refractivity contribution in [1.29, 1.82) is 0 Å². The van der Waals surface area contributed by atoms with Crippen molar-refractivity contribution in [3.63, 3.8) is 0 Å². The molecule has 0 aliphatic carbocycles. The lowest BCUT2D eigenvalue weighted by Crippen LogP contribution is -2.02. The minimum absolute atomic E-state index is 0.803. The highest BCUT2D eigenvalue weighted by atomic mass is 16.5. The highest BCUT2D eigenvalue weighted by Crippen LogP contribution is 2.17. The lowest BCUT2D eigenvalue weighted by Gasteiger charge is -2.03. The quantitative estimate of drug-likeness (QED) is 0.636. The largest absolute Gasteiger partial charge is 0.493 e. The average Bonchev–Trinajstić information content (AvgIpc) is 2.48. The lowest BCUT2D eigenvalue weighted by atomic mass is 10.3. The van der Waals surface area contributed by atoms with E-state index in [0.717, 1.165) is 24.4 Å². The van der Waals surface area contributed by atoms with E-state index in [4.69, 9.17) is 4.74 Å². The molecule has 0 unspecified atom stereocenters. The summed E-state index contributed by atoms with van der Waals surface area (Å²) >= 11 is 0. The second-order valence-corrected chi connectivity index (χ2v) is 2.47. The molecule has 0 atom stereocenters. The van der Waals surface area contributed by atoms with Gasteiger partial charge in [0, 0.05) is 13.0 Å². The van der Waals surface area contributed by atoms with Gasteiger partial charge >= 0.3 is 0 Å². The van der Waals surface area contributed by atoms with Crippen LogP contribution in [0.2, 0.25) is 0 Å². The highest BCUT2D eigenvalue weighted by Gasteiger charge is 2.07. The zero-order valence-electron chi connectivity index (χ0n) is 7.58. The predicted molar refractivity (Wildman–Crippen MR) is 48.4 cm³/mol. The molecule has 1 rings (SSSR count). The molecule has 3 nitrogen and oxygen atoms in total. The molecule has 1 heterocycles. The van der Waals surface area contributed by atoms with Crippen molar-refractivity contribution in [2.24, 2.45) is 0 Å². The Labute approximate surface area is 72.7 Å². The van der Waals surface area contributed by atoms with Crippen LogP contribution in [0.4, 0.5) is 0 Å². The molecule has 0 aromatic carbocycles. The molecule has 0 saturated carbocycles. The van der Waals surface area contributed by atoms with Gasteiger partial charge in [0.05, 0.1) is 19.0 Å². The molecule has 0 amide bonds. The van der Waals surface area contributed by atoms with Crippen molar-refractivity contribution in [1.82, 2.24) is 9.78 Å². The maximum Gasteiger partial charge on any atom is 0.160 e. The number of rotatable bonds is 4. The van der Waals surface area contributed by atoms with Crippen molar-refractivity contribution in [3.8, 4) is 5.75 Å². The summed E-state index contributed by atoms with van der Waals surface area (Å²) in [5.74, 6) is 0.844. The summed E-state index contributed by atoms with van der Waals surface area (Å²) in [6, 6.07) is 0. The average molecular weight is 166 g/mol. The molecule has 0 radical (unpaired) electrons. The second kappa shape index (κ2) is 3.95. The van der Waals surface area contributed by atoms with Gasteiger partial charge in [-0.25, -0.2) is 0 Å². The number of ether oxygens (including phenoxy) is 1. The Morgan fingerprint density at radius 1 is 1.75 bits per heavy atom. The number of hydrogen-bond donors (Lipinski definition) is 0. The Hall–Kier alpha value is -1.25. The summed E-state index contributed by atoms with van der Waals surface area (Å²) < 4.78 is 7.07. The van der Waals surface area contributed by atoms with Gasteiger partial charge in [0.1, 0.15) is 0 Å². The Bertz CT molecular complexity index is 244. The van der Waals surface area contributed by atoms with Crippen molar-refractivity contribution >= 4 is 0 Å². The number of aryl methyl sites for hydroxylation is 1. The van der Waals surface area contributed by atoms with E-state index >= 15 is 0 Å². The van der Waals surface area contributed by atoms with Crippen LogP contribution in [0, 0.1) is 0 Å². The van der Waals surface area contributed by atoms with Crippen LogP contribution in [0.15, 0.2) is 18.9 Å². The molecule has 0 spiro atoms. The van der Waals surface area contributed by atoms with Crippen molar-refractivity contribution in [2.75, 3.05) is 7.11 Å². The van der Waals surface area contributed by atoms with E-state index in [2.05, 4.69) is 18.6 Å². The zero-order valence-corrected chi connectivity index (χ0v) is 7.58. The first-order valence-electron chi connectivity index (χ1n) is 4.03. The summed E-state index contributed by atoms with van der Waals surface area (Å²) in [5, 5.41) is 4.17. The summed E-state index contributed by atoms with van der Waals surface area (Å²) in [4.78, 5) is 0. The standard InChI is InChI=1S/C9H14N2O/c1-4-6-8-9(12-3)7-10-11(8)5-2/h4,7H,1,5-6H2,2-3H3. The predicted octanol–water partition coefficient (Wildman–Crippen LogP) is 1.64. The van der Waals surface area contributed by atoms with E-state index in [0.29, 0.717) is 0 Å². The minimum Gasteiger partial charge on any atom is -0.493 e. The minimum atomic E-state index is 0.803. The summed E-state index contributed by atoms with van der Waals surface area (Å²) in [6.07, 6.45) is 4.39. The molecule has 0 N–H and O–H groups in total. The molecule has 3 heteroatoms. The molecule has 1 aromatic rings. The van der Waals surface area contributed by atoms with Gasteiger partial charge in [-0.15, -0.1) is 6.58 Å². The third-order valence-corrected chi connectivity index (χ3v) is 1.77. The first-order chi connectivity index (χ1) is 5.83. The Balaban J connectivity index is 2.98. The van der Waals surface area contributed by atoms with Gasteiger partial charge in [-0.1, -0.05) is 6.08 Å². The summed E-state index contributed by atoms with van der Waals surface area (Å²) in [5.41, 5.74) is 1.09. The van der Waals surface area contributed by atoms with Crippen LogP contribution in [0.1, 0.15) is 12.6 Å². The van der Waals surface area contributed by atoms with E-state index in [9.17, 15) is 0 Å². The number of nitrogens with zero attached hydrogens (tertiary/aromatic N) is 2. The molecule has 66 valence electrons. The van der Waals surface area contributed by atoms with E-state index in [-0.39, 0.29) is 0 Å². The highest BCUT2D eigenvalue weighted by molar-refractivity contribution is 5.26. The maximum atomic E-state index is 5.15. The van der Waals surface area contributed by atoms with Crippen LogP contribution < -0.4 is 4.74 Å². The molecule has 0 aliphatic heterocycles. The molecule has 0 saturated heterocycles. The fourth-order valence-electron chi connectivity index (χ4n) is 1.18. The van der Waals surface area contributed by atoms with Gasteiger partial charge in [0.15, 0.2) is 5.75 Å². The number of methoxy groups -OCH3 is 1. The third kappa shape index (κ3) is 1.49. The van der Waals surface area contributed by atoms with Crippen LogP contribution in [-0.2, 0) is 13.0 Å². The lowest BCUT2D eigenvalue weighted by molar-refractivity contribution is 0.408. The molecular formula is C9H14N2O. The molecule has 0 aliphatic rings. The number of hydrogen-bond acceptors (Lipinski definition) is 2. The monoisotopic (exact) mass is 166 g/mol. The van der Waals surface area contributed by atoms with Gasteiger partial charge < -0.3 is 4.74 Å². The van der Waals surface area contributed by atoms with E-state index in [1.807, 2.05) is 10.8 Å². The van der Waals surface area contributed by atoms with Gasteiger partial charge in [0.2, 0.25) is 0 Å². The molecule has 0 fully saturated rings. The van der Waals surface area contributed by atoms with Crippen molar-refractivity contribution in [2.45, 2.75) is 19.9 Å². The van der Waals surface area contributed by atoms with Gasteiger partial charge in [0.25, 0.3) is 0 Å². The topological polar surface area (TPSA) is 27.1 Å². The SMILES string of the molecule is C=CCc1c(OC)cnn1CC. The number of allylic oxidation sites excluding steroid dienone is 1. The summed E-state index contributed by atoms with van der Waals surface area (Å²) in [6.45, 7) is 6.61. The van der Waals surface area contributed by atoms with Crippen LogP contribution in [0.5, 0.6) is 5.75 Å². The number of aromatic nitrogens is 2. The van der Waals surface area contributed by atoms with Gasteiger partial charge in [-0.2, -0.15) is 5.10 Å². The van der Waals surface area contributed by atoms with Crippen molar-refractivity contribution in [3.05, 3.63) is 24.5 Å². The van der Waals surface area contributed by atoms with Gasteiger partial charge in [-0.3, -0.25) is 4.68 Å². The Morgan fingerprint density at radius 2 is 2.50 bits per heavy atom. The van der Waals surface area contributed by atoms with E-state index < -0.39 is 0 Å².